The summed E-state index contributed by atoms with van der Waals surface area (Å²) in [5.41, 5.74) is 1.34. The molecule has 2 heteroatoms. The molecule has 3 atom stereocenters. The zero-order valence-corrected chi connectivity index (χ0v) is 11.0. The van der Waals surface area contributed by atoms with Crippen molar-refractivity contribution in [2.24, 2.45) is 11.8 Å². The Labute approximate surface area is 105 Å². The molecule has 0 amide bonds. The van der Waals surface area contributed by atoms with Gasteiger partial charge in [0.05, 0.1) is 0 Å². The number of nitrogens with one attached hydrogen (secondary N) is 1. The fraction of sp³-hybridized carbons (Fsp3) is 0.667. The lowest BCUT2D eigenvalue weighted by Gasteiger charge is -2.28. The van der Waals surface area contributed by atoms with E-state index in [2.05, 4.69) is 36.3 Å². The molecule has 94 valence electrons. The van der Waals surface area contributed by atoms with Crippen LogP contribution in [0.2, 0.25) is 0 Å². The molecule has 0 aliphatic heterocycles. The zero-order valence-electron chi connectivity index (χ0n) is 11.0. The summed E-state index contributed by atoms with van der Waals surface area (Å²) in [6.45, 7) is 5.79. The zero-order chi connectivity index (χ0) is 12.1. The van der Waals surface area contributed by atoms with Crippen LogP contribution in [0.1, 0.15) is 51.1 Å². The van der Waals surface area contributed by atoms with E-state index in [0.29, 0.717) is 6.04 Å². The molecule has 1 aliphatic carbocycles. The smallest absolute Gasteiger partial charge is 0.0293 e. The van der Waals surface area contributed by atoms with Crippen LogP contribution in [-0.2, 0) is 0 Å². The molecule has 1 heterocycles. The molecule has 3 unspecified atom stereocenters. The number of aromatic nitrogens is 1. The maximum absolute atomic E-state index is 4.06. The van der Waals surface area contributed by atoms with E-state index in [1.165, 1.54) is 31.2 Å². The SMILES string of the molecule is CC1CCCC(CNC(C)c2ccncc2)C1. The van der Waals surface area contributed by atoms with E-state index in [-0.39, 0.29) is 0 Å². The van der Waals surface area contributed by atoms with Crippen molar-refractivity contribution in [3.8, 4) is 0 Å². The van der Waals surface area contributed by atoms with E-state index < -0.39 is 0 Å². The van der Waals surface area contributed by atoms with Crippen molar-refractivity contribution >= 4 is 0 Å². The van der Waals surface area contributed by atoms with Crippen molar-refractivity contribution in [2.45, 2.75) is 45.6 Å². The van der Waals surface area contributed by atoms with Crippen molar-refractivity contribution < 1.29 is 0 Å². The normalized spacial score (nSPS) is 26.7. The van der Waals surface area contributed by atoms with Gasteiger partial charge in [-0.15, -0.1) is 0 Å². The Morgan fingerprint density at radius 3 is 2.82 bits per heavy atom. The third kappa shape index (κ3) is 3.81. The second-order valence-electron chi connectivity index (χ2n) is 5.55. The van der Waals surface area contributed by atoms with Gasteiger partial charge in [0.2, 0.25) is 0 Å². The highest BCUT2D eigenvalue weighted by atomic mass is 14.9. The summed E-state index contributed by atoms with van der Waals surface area (Å²) >= 11 is 0. The quantitative estimate of drug-likeness (QED) is 0.858. The van der Waals surface area contributed by atoms with E-state index in [1.807, 2.05) is 12.4 Å². The lowest BCUT2D eigenvalue weighted by Crippen LogP contribution is -2.28. The van der Waals surface area contributed by atoms with E-state index >= 15 is 0 Å². The molecule has 1 saturated carbocycles. The van der Waals surface area contributed by atoms with Gasteiger partial charge in [0.25, 0.3) is 0 Å². The molecule has 2 rings (SSSR count). The maximum Gasteiger partial charge on any atom is 0.0293 e. The molecular weight excluding hydrogens is 208 g/mol. The largest absolute Gasteiger partial charge is 0.310 e. The molecule has 0 spiro atoms. The lowest BCUT2D eigenvalue weighted by atomic mass is 9.82. The van der Waals surface area contributed by atoms with Crippen LogP contribution in [0.4, 0.5) is 0 Å². The minimum atomic E-state index is 0.440. The van der Waals surface area contributed by atoms with Crippen molar-refractivity contribution in [2.75, 3.05) is 6.54 Å². The average molecular weight is 232 g/mol. The Morgan fingerprint density at radius 2 is 2.12 bits per heavy atom. The minimum Gasteiger partial charge on any atom is -0.310 e. The van der Waals surface area contributed by atoms with Crippen LogP contribution >= 0.6 is 0 Å². The topological polar surface area (TPSA) is 24.9 Å². The van der Waals surface area contributed by atoms with Crippen molar-refractivity contribution in [3.05, 3.63) is 30.1 Å². The molecule has 17 heavy (non-hydrogen) atoms. The third-order valence-electron chi connectivity index (χ3n) is 3.96. The molecule has 0 radical (unpaired) electrons. The summed E-state index contributed by atoms with van der Waals surface area (Å²) in [6, 6.07) is 4.64. The Kier molecular flexibility index (Phi) is 4.55. The summed E-state index contributed by atoms with van der Waals surface area (Å²) < 4.78 is 0. The first-order valence-electron chi connectivity index (χ1n) is 6.89. The second-order valence-corrected chi connectivity index (χ2v) is 5.55. The number of pyridine rings is 1. The molecule has 0 bridgehead atoms. The van der Waals surface area contributed by atoms with E-state index in [0.717, 1.165) is 18.4 Å². The van der Waals surface area contributed by atoms with Gasteiger partial charge in [-0.05, 0) is 55.8 Å². The van der Waals surface area contributed by atoms with E-state index in [9.17, 15) is 0 Å². The van der Waals surface area contributed by atoms with Crippen molar-refractivity contribution in [1.29, 1.82) is 0 Å². The predicted octanol–water partition coefficient (Wildman–Crippen LogP) is 3.56. The van der Waals surface area contributed by atoms with Crippen LogP contribution < -0.4 is 5.32 Å². The summed E-state index contributed by atoms with van der Waals surface area (Å²) in [7, 11) is 0. The summed E-state index contributed by atoms with van der Waals surface area (Å²) in [6.07, 6.45) is 9.39. The van der Waals surface area contributed by atoms with Gasteiger partial charge >= 0.3 is 0 Å². The first-order valence-corrected chi connectivity index (χ1v) is 6.89. The molecule has 1 aromatic heterocycles. The highest BCUT2D eigenvalue weighted by Crippen LogP contribution is 2.28. The van der Waals surface area contributed by atoms with Gasteiger partial charge in [0.1, 0.15) is 0 Å². The average Bonchev–Trinajstić information content (AvgIpc) is 2.37. The Hall–Kier alpha value is -0.890. The number of rotatable bonds is 4. The molecule has 1 fully saturated rings. The summed E-state index contributed by atoms with van der Waals surface area (Å²) in [5.74, 6) is 1.80. The van der Waals surface area contributed by atoms with Crippen LogP contribution in [0.3, 0.4) is 0 Å². The van der Waals surface area contributed by atoms with E-state index in [1.54, 1.807) is 0 Å². The van der Waals surface area contributed by atoms with Gasteiger partial charge in [0, 0.05) is 18.4 Å². The highest BCUT2D eigenvalue weighted by molar-refractivity contribution is 5.13. The molecule has 0 aromatic carbocycles. The van der Waals surface area contributed by atoms with Crippen LogP contribution in [0.15, 0.2) is 24.5 Å². The predicted molar refractivity (Wildman–Crippen MR) is 71.8 cm³/mol. The molecule has 1 aromatic rings. The monoisotopic (exact) mass is 232 g/mol. The minimum absolute atomic E-state index is 0.440. The summed E-state index contributed by atoms with van der Waals surface area (Å²) in [5, 5.41) is 3.66. The van der Waals surface area contributed by atoms with Crippen LogP contribution in [0, 0.1) is 11.8 Å². The Balaban J connectivity index is 1.78. The van der Waals surface area contributed by atoms with Crippen LogP contribution in [-0.4, -0.2) is 11.5 Å². The van der Waals surface area contributed by atoms with Gasteiger partial charge in [0.15, 0.2) is 0 Å². The van der Waals surface area contributed by atoms with Gasteiger partial charge in [-0.3, -0.25) is 4.98 Å². The first-order chi connectivity index (χ1) is 8.25. The molecule has 0 saturated heterocycles. The fourth-order valence-corrected chi connectivity index (χ4v) is 2.86. The Morgan fingerprint density at radius 1 is 1.35 bits per heavy atom. The molecule has 1 N–H and O–H groups in total. The van der Waals surface area contributed by atoms with Gasteiger partial charge < -0.3 is 5.32 Å². The lowest BCUT2D eigenvalue weighted by molar-refractivity contribution is 0.268. The standard InChI is InChI=1S/C15H24N2/c1-12-4-3-5-14(10-12)11-17-13(2)15-6-8-16-9-7-15/h6-9,12-14,17H,3-5,10-11H2,1-2H3. The summed E-state index contributed by atoms with van der Waals surface area (Å²) in [4.78, 5) is 4.06. The number of nitrogens with zero attached hydrogens (tertiary/aromatic N) is 1. The van der Waals surface area contributed by atoms with Crippen molar-refractivity contribution in [1.82, 2.24) is 10.3 Å². The van der Waals surface area contributed by atoms with Crippen LogP contribution in [0.5, 0.6) is 0 Å². The second kappa shape index (κ2) is 6.15. The fourth-order valence-electron chi connectivity index (χ4n) is 2.86. The van der Waals surface area contributed by atoms with Crippen molar-refractivity contribution in [3.63, 3.8) is 0 Å². The maximum atomic E-state index is 4.06. The third-order valence-corrected chi connectivity index (χ3v) is 3.96. The first kappa shape index (κ1) is 12.6. The highest BCUT2D eigenvalue weighted by Gasteiger charge is 2.19. The molecule has 1 aliphatic rings. The van der Waals surface area contributed by atoms with Gasteiger partial charge in [-0.25, -0.2) is 0 Å². The molecular formula is C15H24N2. The number of hydrogen-bond acceptors (Lipinski definition) is 2. The number of hydrogen-bond donors (Lipinski definition) is 1. The van der Waals surface area contributed by atoms with Gasteiger partial charge in [-0.1, -0.05) is 19.8 Å². The molecule has 2 nitrogen and oxygen atoms in total. The van der Waals surface area contributed by atoms with Gasteiger partial charge in [-0.2, -0.15) is 0 Å². The van der Waals surface area contributed by atoms with E-state index in [4.69, 9.17) is 0 Å². The Bertz CT molecular complexity index is 323. The van der Waals surface area contributed by atoms with Crippen LogP contribution in [0.25, 0.3) is 0 Å².